The molecular weight excluding hydrogens is 430 g/mol. The normalized spacial score (nSPS) is 18.9. The Morgan fingerprint density at radius 2 is 1.85 bits per heavy atom. The zero-order valence-electron chi connectivity index (χ0n) is 19.1. The number of imidazole rings is 1. The van der Waals surface area contributed by atoms with Gasteiger partial charge in [0.2, 0.25) is 11.8 Å². The molecule has 5 rings (SSSR count). The minimum Gasteiger partial charge on any atom is -0.382 e. The molecule has 4 heterocycles. The molecule has 2 amide bonds. The van der Waals surface area contributed by atoms with Gasteiger partial charge in [0, 0.05) is 42.7 Å². The standard InChI is InChI=1S/C25H29N7O2/c26-23-22-21(17-7-9-18(10-8-17)24(27)34)29-25(32(22)16-11-28-23)19-5-3-15-31(19)20(33)6-4-14-30-12-1-2-13-30/h4,6-11,16,19H,1-3,5,12-15H2,(H2,26,28)(H2,27,34)/b6-4+/t19-/m0/s1. The van der Waals surface area contributed by atoms with Crippen LogP contribution in [-0.4, -0.2) is 62.2 Å². The molecule has 2 aliphatic heterocycles. The van der Waals surface area contributed by atoms with Crippen molar-refractivity contribution in [3.63, 3.8) is 0 Å². The van der Waals surface area contributed by atoms with Crippen molar-refractivity contribution in [2.45, 2.75) is 31.7 Å². The number of benzene rings is 1. The van der Waals surface area contributed by atoms with E-state index in [1.165, 1.54) is 12.8 Å². The molecule has 0 spiro atoms. The van der Waals surface area contributed by atoms with Crippen molar-refractivity contribution in [2.24, 2.45) is 5.73 Å². The smallest absolute Gasteiger partial charge is 0.248 e. The zero-order valence-corrected chi connectivity index (χ0v) is 19.1. The van der Waals surface area contributed by atoms with Crippen LogP contribution in [0.25, 0.3) is 16.8 Å². The van der Waals surface area contributed by atoms with Crippen LogP contribution in [0.15, 0.2) is 48.8 Å². The first-order chi connectivity index (χ1) is 16.5. The Kier molecular flexibility index (Phi) is 6.02. The predicted molar refractivity (Wildman–Crippen MR) is 130 cm³/mol. The predicted octanol–water partition coefficient (Wildman–Crippen LogP) is 2.39. The lowest BCUT2D eigenvalue weighted by Gasteiger charge is -2.22. The van der Waals surface area contributed by atoms with Crippen LogP contribution in [0.2, 0.25) is 0 Å². The Hall–Kier alpha value is -3.72. The van der Waals surface area contributed by atoms with Gasteiger partial charge in [-0.25, -0.2) is 9.97 Å². The number of nitrogen functional groups attached to an aromatic ring is 1. The van der Waals surface area contributed by atoms with E-state index in [0.717, 1.165) is 43.9 Å². The van der Waals surface area contributed by atoms with E-state index >= 15 is 0 Å². The lowest BCUT2D eigenvalue weighted by molar-refractivity contribution is -0.127. The third kappa shape index (κ3) is 4.14. The highest BCUT2D eigenvalue weighted by molar-refractivity contribution is 5.94. The van der Waals surface area contributed by atoms with Crippen molar-refractivity contribution in [2.75, 3.05) is 31.9 Å². The van der Waals surface area contributed by atoms with E-state index < -0.39 is 5.91 Å². The van der Waals surface area contributed by atoms with E-state index in [2.05, 4.69) is 9.88 Å². The molecule has 0 unspecified atom stereocenters. The molecule has 34 heavy (non-hydrogen) atoms. The van der Waals surface area contributed by atoms with Crippen molar-refractivity contribution in [3.8, 4) is 11.3 Å². The SMILES string of the molecule is NC(=O)c1ccc(-c2nc([C@@H]3CCCN3C(=O)/C=C/CN3CCCC3)n3ccnc(N)c23)cc1. The number of nitrogens with two attached hydrogens (primary N) is 2. The fourth-order valence-electron chi connectivity index (χ4n) is 4.98. The first kappa shape index (κ1) is 22.1. The third-order valence-corrected chi connectivity index (χ3v) is 6.71. The fourth-order valence-corrected chi connectivity index (χ4v) is 4.98. The molecule has 0 bridgehead atoms. The summed E-state index contributed by atoms with van der Waals surface area (Å²) in [7, 11) is 0. The maximum Gasteiger partial charge on any atom is 0.248 e. The second-order valence-corrected chi connectivity index (χ2v) is 8.89. The zero-order chi connectivity index (χ0) is 23.7. The molecule has 0 aliphatic carbocycles. The molecule has 2 fully saturated rings. The maximum atomic E-state index is 13.1. The molecule has 176 valence electrons. The first-order valence-corrected chi connectivity index (χ1v) is 11.7. The van der Waals surface area contributed by atoms with Crippen LogP contribution >= 0.6 is 0 Å². The van der Waals surface area contributed by atoms with Gasteiger partial charge in [0.05, 0.1) is 6.04 Å². The summed E-state index contributed by atoms with van der Waals surface area (Å²) in [6.45, 7) is 3.70. The Morgan fingerprint density at radius 3 is 2.59 bits per heavy atom. The summed E-state index contributed by atoms with van der Waals surface area (Å²) >= 11 is 0. The summed E-state index contributed by atoms with van der Waals surface area (Å²) in [4.78, 5) is 38.0. The number of carbonyl (C=O) groups excluding carboxylic acids is 2. The molecule has 2 aliphatic rings. The van der Waals surface area contributed by atoms with Crippen LogP contribution in [0.5, 0.6) is 0 Å². The van der Waals surface area contributed by atoms with Crippen LogP contribution in [0, 0.1) is 0 Å². The number of hydrogen-bond donors (Lipinski definition) is 2. The molecular formula is C25H29N7O2. The topological polar surface area (TPSA) is 123 Å². The molecule has 0 radical (unpaired) electrons. The summed E-state index contributed by atoms with van der Waals surface area (Å²) in [6, 6.07) is 6.79. The van der Waals surface area contributed by atoms with Gasteiger partial charge in [-0.2, -0.15) is 0 Å². The number of rotatable bonds is 6. The van der Waals surface area contributed by atoms with E-state index in [0.29, 0.717) is 29.1 Å². The van der Waals surface area contributed by atoms with Gasteiger partial charge in [-0.3, -0.25) is 18.9 Å². The summed E-state index contributed by atoms with van der Waals surface area (Å²) in [5.41, 5.74) is 14.2. The summed E-state index contributed by atoms with van der Waals surface area (Å²) < 4.78 is 1.93. The van der Waals surface area contributed by atoms with Crippen LogP contribution in [0.1, 0.15) is 47.9 Å². The average molecular weight is 460 g/mol. The number of nitrogens with zero attached hydrogens (tertiary/aromatic N) is 5. The number of fused-ring (bicyclic) bond motifs is 1. The number of primary amides is 1. The molecule has 2 aromatic heterocycles. The van der Waals surface area contributed by atoms with Gasteiger partial charge in [-0.1, -0.05) is 18.2 Å². The number of hydrogen-bond acceptors (Lipinski definition) is 6. The van der Waals surface area contributed by atoms with E-state index in [-0.39, 0.29) is 11.9 Å². The van der Waals surface area contributed by atoms with Gasteiger partial charge >= 0.3 is 0 Å². The number of aromatic nitrogens is 3. The van der Waals surface area contributed by atoms with Gasteiger partial charge < -0.3 is 16.4 Å². The summed E-state index contributed by atoms with van der Waals surface area (Å²) in [6.07, 6.45) is 11.3. The van der Waals surface area contributed by atoms with Gasteiger partial charge in [0.15, 0.2) is 0 Å². The third-order valence-electron chi connectivity index (χ3n) is 6.71. The van der Waals surface area contributed by atoms with Crippen molar-refractivity contribution in [1.82, 2.24) is 24.2 Å². The molecule has 1 aromatic carbocycles. The van der Waals surface area contributed by atoms with Crippen molar-refractivity contribution in [3.05, 3.63) is 60.2 Å². The average Bonchev–Trinajstić information content (AvgIpc) is 3.59. The van der Waals surface area contributed by atoms with Crippen LogP contribution in [0.4, 0.5) is 5.82 Å². The minimum atomic E-state index is -0.485. The number of anilines is 1. The van der Waals surface area contributed by atoms with Gasteiger partial charge in [0.1, 0.15) is 22.9 Å². The molecule has 9 nitrogen and oxygen atoms in total. The molecule has 1 atom stereocenters. The minimum absolute atomic E-state index is 0.00726. The van der Waals surface area contributed by atoms with Crippen molar-refractivity contribution >= 4 is 23.1 Å². The number of likely N-dealkylation sites (tertiary alicyclic amines) is 2. The fraction of sp³-hybridized carbons (Fsp3) is 0.360. The van der Waals surface area contributed by atoms with E-state index in [1.807, 2.05) is 21.6 Å². The second kappa shape index (κ2) is 9.26. The van der Waals surface area contributed by atoms with E-state index in [4.69, 9.17) is 16.5 Å². The largest absolute Gasteiger partial charge is 0.382 e. The lowest BCUT2D eigenvalue weighted by Crippen LogP contribution is -2.30. The molecule has 9 heteroatoms. The van der Waals surface area contributed by atoms with Crippen molar-refractivity contribution in [1.29, 1.82) is 0 Å². The first-order valence-electron chi connectivity index (χ1n) is 11.7. The summed E-state index contributed by atoms with van der Waals surface area (Å²) in [5.74, 6) is 0.641. The Balaban J connectivity index is 1.47. The molecule has 4 N–H and O–H groups in total. The Bertz CT molecular complexity index is 1240. The van der Waals surface area contributed by atoms with Gasteiger partial charge in [-0.05, 0) is 50.9 Å². The van der Waals surface area contributed by atoms with Crippen LogP contribution < -0.4 is 11.5 Å². The second-order valence-electron chi connectivity index (χ2n) is 8.89. The van der Waals surface area contributed by atoms with Crippen molar-refractivity contribution < 1.29 is 9.59 Å². The maximum absolute atomic E-state index is 13.1. The lowest BCUT2D eigenvalue weighted by atomic mass is 10.1. The monoisotopic (exact) mass is 459 g/mol. The van der Waals surface area contributed by atoms with Gasteiger partial charge in [-0.15, -0.1) is 0 Å². The summed E-state index contributed by atoms with van der Waals surface area (Å²) in [5, 5.41) is 0. The quantitative estimate of drug-likeness (QED) is 0.546. The molecule has 0 saturated carbocycles. The van der Waals surface area contributed by atoms with Crippen LogP contribution in [0.3, 0.4) is 0 Å². The number of carbonyl (C=O) groups is 2. The molecule has 3 aromatic rings. The van der Waals surface area contributed by atoms with Gasteiger partial charge in [0.25, 0.3) is 0 Å². The molecule has 2 saturated heterocycles. The highest BCUT2D eigenvalue weighted by Gasteiger charge is 2.33. The van der Waals surface area contributed by atoms with Crippen LogP contribution in [-0.2, 0) is 4.79 Å². The highest BCUT2D eigenvalue weighted by Crippen LogP contribution is 2.36. The number of amides is 2. The van der Waals surface area contributed by atoms with E-state index in [1.54, 1.807) is 36.5 Å². The van der Waals surface area contributed by atoms with E-state index in [9.17, 15) is 9.59 Å². The highest BCUT2D eigenvalue weighted by atomic mass is 16.2. The Labute approximate surface area is 198 Å². The Morgan fingerprint density at radius 1 is 1.09 bits per heavy atom.